The van der Waals surface area contributed by atoms with Crippen molar-refractivity contribution in [3.05, 3.63) is 0 Å². The molecular formula is C11H22O3. The number of hydrogen-bond acceptors (Lipinski definition) is 3. The molecule has 0 N–H and O–H groups in total. The minimum atomic E-state index is -0.397. The van der Waals surface area contributed by atoms with Gasteiger partial charge in [-0.1, -0.05) is 20.8 Å². The standard InChI is InChI=1S/C11H22O3/c1-9(2)14-10(13-8-12)6-7-11(3,4)5/h8-10H,6-7H2,1-5H3. The first-order valence-electron chi connectivity index (χ1n) is 5.10. The maximum absolute atomic E-state index is 10.2. The van der Waals surface area contributed by atoms with Crippen molar-refractivity contribution in [1.82, 2.24) is 0 Å². The lowest BCUT2D eigenvalue weighted by Gasteiger charge is -2.23. The van der Waals surface area contributed by atoms with Gasteiger partial charge in [-0.05, 0) is 25.7 Å². The van der Waals surface area contributed by atoms with E-state index in [9.17, 15) is 4.79 Å². The molecule has 0 amide bonds. The Morgan fingerprint density at radius 1 is 1.29 bits per heavy atom. The minimum Gasteiger partial charge on any atom is -0.438 e. The molecule has 14 heavy (non-hydrogen) atoms. The average Bonchev–Trinajstić information content (AvgIpc) is 1.98. The second-order valence-corrected chi connectivity index (χ2v) is 4.95. The first kappa shape index (κ1) is 13.4. The van der Waals surface area contributed by atoms with E-state index in [1.54, 1.807) is 0 Å². The molecule has 0 saturated heterocycles. The Morgan fingerprint density at radius 2 is 1.86 bits per heavy atom. The lowest BCUT2D eigenvalue weighted by atomic mass is 9.90. The summed E-state index contributed by atoms with van der Waals surface area (Å²) in [7, 11) is 0. The summed E-state index contributed by atoms with van der Waals surface area (Å²) in [6.45, 7) is 10.8. The minimum absolute atomic E-state index is 0.0833. The third kappa shape index (κ3) is 8.05. The summed E-state index contributed by atoms with van der Waals surface area (Å²) in [6, 6.07) is 0. The first-order valence-corrected chi connectivity index (χ1v) is 5.10. The van der Waals surface area contributed by atoms with Crippen molar-refractivity contribution < 1.29 is 14.3 Å². The fourth-order valence-electron chi connectivity index (χ4n) is 1.08. The molecule has 0 spiro atoms. The molecule has 0 aromatic rings. The van der Waals surface area contributed by atoms with E-state index in [-0.39, 0.29) is 11.5 Å². The molecule has 0 heterocycles. The van der Waals surface area contributed by atoms with E-state index < -0.39 is 6.29 Å². The van der Waals surface area contributed by atoms with Crippen molar-refractivity contribution in [3.8, 4) is 0 Å². The highest BCUT2D eigenvalue weighted by molar-refractivity contribution is 5.37. The lowest BCUT2D eigenvalue weighted by Crippen LogP contribution is -2.22. The summed E-state index contributed by atoms with van der Waals surface area (Å²) in [6.07, 6.45) is 1.41. The van der Waals surface area contributed by atoms with Gasteiger partial charge in [0.25, 0.3) is 6.47 Å². The van der Waals surface area contributed by atoms with Crippen molar-refractivity contribution in [2.75, 3.05) is 0 Å². The number of carbonyl (C=O) groups excluding carboxylic acids is 1. The largest absolute Gasteiger partial charge is 0.438 e. The van der Waals surface area contributed by atoms with E-state index in [0.29, 0.717) is 6.47 Å². The van der Waals surface area contributed by atoms with Gasteiger partial charge in [0.15, 0.2) is 0 Å². The van der Waals surface area contributed by atoms with E-state index in [1.165, 1.54) is 0 Å². The molecule has 0 bridgehead atoms. The van der Waals surface area contributed by atoms with Crippen LogP contribution in [0.4, 0.5) is 0 Å². The van der Waals surface area contributed by atoms with Crippen molar-refractivity contribution >= 4 is 6.47 Å². The summed E-state index contributed by atoms with van der Waals surface area (Å²) in [4.78, 5) is 10.2. The topological polar surface area (TPSA) is 35.5 Å². The number of rotatable bonds is 6. The third-order valence-electron chi connectivity index (χ3n) is 1.76. The van der Waals surface area contributed by atoms with Gasteiger partial charge in [0.05, 0.1) is 6.10 Å². The van der Waals surface area contributed by atoms with Gasteiger partial charge >= 0.3 is 0 Å². The van der Waals surface area contributed by atoms with Crippen LogP contribution in [-0.4, -0.2) is 18.9 Å². The summed E-state index contributed by atoms with van der Waals surface area (Å²) < 4.78 is 10.3. The molecule has 0 aromatic heterocycles. The monoisotopic (exact) mass is 202 g/mol. The van der Waals surface area contributed by atoms with Crippen LogP contribution in [0.3, 0.4) is 0 Å². The molecule has 0 aromatic carbocycles. The average molecular weight is 202 g/mol. The fraction of sp³-hybridized carbons (Fsp3) is 0.909. The maximum atomic E-state index is 10.2. The highest BCUT2D eigenvalue weighted by Gasteiger charge is 2.17. The Hall–Kier alpha value is -0.570. The summed E-state index contributed by atoms with van der Waals surface area (Å²) in [5.74, 6) is 0. The van der Waals surface area contributed by atoms with Gasteiger partial charge in [-0.25, -0.2) is 0 Å². The Kier molecular flexibility index (Phi) is 5.77. The zero-order valence-corrected chi connectivity index (χ0v) is 9.87. The molecule has 3 nitrogen and oxygen atoms in total. The first-order chi connectivity index (χ1) is 6.35. The zero-order valence-electron chi connectivity index (χ0n) is 9.87. The van der Waals surface area contributed by atoms with Crippen molar-refractivity contribution in [3.63, 3.8) is 0 Å². The predicted molar refractivity (Wildman–Crippen MR) is 55.8 cm³/mol. The summed E-state index contributed by atoms with van der Waals surface area (Å²) >= 11 is 0. The Morgan fingerprint density at radius 3 is 2.21 bits per heavy atom. The molecule has 3 heteroatoms. The molecule has 0 rings (SSSR count). The van der Waals surface area contributed by atoms with Crippen LogP contribution in [0.15, 0.2) is 0 Å². The Labute approximate surface area is 86.8 Å². The van der Waals surface area contributed by atoms with E-state index in [0.717, 1.165) is 12.8 Å². The van der Waals surface area contributed by atoms with E-state index in [2.05, 4.69) is 20.8 Å². The van der Waals surface area contributed by atoms with Crippen LogP contribution in [0.5, 0.6) is 0 Å². The Balaban J connectivity index is 3.90. The van der Waals surface area contributed by atoms with Crippen LogP contribution in [0.2, 0.25) is 0 Å². The molecule has 1 unspecified atom stereocenters. The van der Waals surface area contributed by atoms with E-state index >= 15 is 0 Å². The molecule has 0 fully saturated rings. The summed E-state index contributed by atoms with van der Waals surface area (Å²) in [5, 5.41) is 0. The summed E-state index contributed by atoms with van der Waals surface area (Å²) in [5.41, 5.74) is 0.241. The van der Waals surface area contributed by atoms with Gasteiger partial charge < -0.3 is 9.47 Å². The van der Waals surface area contributed by atoms with Gasteiger partial charge in [0.1, 0.15) is 0 Å². The second-order valence-electron chi connectivity index (χ2n) is 4.95. The maximum Gasteiger partial charge on any atom is 0.295 e. The van der Waals surface area contributed by atoms with Gasteiger partial charge in [0.2, 0.25) is 6.29 Å². The lowest BCUT2D eigenvalue weighted by molar-refractivity contribution is -0.175. The highest BCUT2D eigenvalue weighted by Crippen LogP contribution is 2.23. The van der Waals surface area contributed by atoms with E-state index in [4.69, 9.17) is 9.47 Å². The second kappa shape index (κ2) is 6.02. The highest BCUT2D eigenvalue weighted by atomic mass is 16.7. The van der Waals surface area contributed by atoms with Crippen LogP contribution in [0.1, 0.15) is 47.5 Å². The number of ether oxygens (including phenoxy) is 2. The van der Waals surface area contributed by atoms with Crippen molar-refractivity contribution in [2.45, 2.75) is 59.9 Å². The molecule has 0 aliphatic heterocycles. The van der Waals surface area contributed by atoms with Crippen LogP contribution >= 0.6 is 0 Å². The van der Waals surface area contributed by atoms with Crippen LogP contribution in [-0.2, 0) is 14.3 Å². The normalized spacial score (nSPS) is 14.1. The number of carbonyl (C=O) groups is 1. The van der Waals surface area contributed by atoms with Gasteiger partial charge in [-0.2, -0.15) is 0 Å². The van der Waals surface area contributed by atoms with Crippen LogP contribution in [0.25, 0.3) is 0 Å². The van der Waals surface area contributed by atoms with Crippen LogP contribution in [0, 0.1) is 5.41 Å². The van der Waals surface area contributed by atoms with Crippen LogP contribution < -0.4 is 0 Å². The molecule has 0 saturated carbocycles. The van der Waals surface area contributed by atoms with Gasteiger partial charge in [0, 0.05) is 6.42 Å². The third-order valence-corrected chi connectivity index (χ3v) is 1.76. The predicted octanol–water partition coefficient (Wildman–Crippen LogP) is 2.74. The zero-order chi connectivity index (χ0) is 11.2. The molecule has 0 aliphatic carbocycles. The van der Waals surface area contributed by atoms with Gasteiger partial charge in [-0.15, -0.1) is 0 Å². The SMILES string of the molecule is CC(C)OC(CCC(C)(C)C)OC=O. The molecule has 84 valence electrons. The van der Waals surface area contributed by atoms with Crippen molar-refractivity contribution in [2.24, 2.45) is 5.41 Å². The van der Waals surface area contributed by atoms with Gasteiger partial charge in [-0.3, -0.25) is 4.79 Å². The fourth-order valence-corrected chi connectivity index (χ4v) is 1.08. The quantitative estimate of drug-likeness (QED) is 0.490. The van der Waals surface area contributed by atoms with E-state index in [1.807, 2.05) is 13.8 Å². The molecule has 1 atom stereocenters. The smallest absolute Gasteiger partial charge is 0.295 e. The number of hydrogen-bond donors (Lipinski definition) is 0. The van der Waals surface area contributed by atoms with Crippen molar-refractivity contribution in [1.29, 1.82) is 0 Å². The molecule has 0 aliphatic rings. The Bertz CT molecular complexity index is 158. The molecule has 0 radical (unpaired) electrons. The molecular weight excluding hydrogens is 180 g/mol.